The van der Waals surface area contributed by atoms with Gasteiger partial charge < -0.3 is 10.8 Å². The van der Waals surface area contributed by atoms with E-state index in [0.717, 1.165) is 5.56 Å². The van der Waals surface area contributed by atoms with Crippen LogP contribution < -0.4 is 5.73 Å². The van der Waals surface area contributed by atoms with Crippen molar-refractivity contribution < 1.29 is 9.90 Å². The zero-order valence-electron chi connectivity index (χ0n) is 11.6. The smallest absolute Gasteiger partial charge is 0.338 e. The first-order valence-electron chi connectivity index (χ1n) is 6.87. The molecule has 0 unspecified atom stereocenters. The fourth-order valence-corrected chi connectivity index (χ4v) is 3.00. The number of hydrogen-bond donors (Lipinski definition) is 2. The van der Waals surface area contributed by atoms with E-state index in [1.165, 1.54) is 19.3 Å². The maximum atomic E-state index is 11.3. The van der Waals surface area contributed by atoms with Crippen molar-refractivity contribution in [1.82, 2.24) is 4.90 Å². The Morgan fingerprint density at radius 2 is 2.00 bits per heavy atom. The number of anilines is 1. The lowest BCUT2D eigenvalue weighted by atomic mass is 9.95. The third-order valence-electron chi connectivity index (χ3n) is 4.13. The van der Waals surface area contributed by atoms with Gasteiger partial charge in [-0.2, -0.15) is 0 Å². The van der Waals surface area contributed by atoms with Crippen LogP contribution in [0.4, 0.5) is 5.69 Å². The lowest BCUT2D eigenvalue weighted by Gasteiger charge is -2.39. The lowest BCUT2D eigenvalue weighted by molar-refractivity contribution is 0.0687. The van der Waals surface area contributed by atoms with Crippen LogP contribution in [-0.4, -0.2) is 28.1 Å². The molecule has 0 aliphatic carbocycles. The van der Waals surface area contributed by atoms with E-state index in [9.17, 15) is 9.90 Å². The summed E-state index contributed by atoms with van der Waals surface area (Å²) in [5.41, 5.74) is 7.22. The van der Waals surface area contributed by atoms with Gasteiger partial charge in [0, 0.05) is 24.3 Å². The number of likely N-dealkylation sites (tertiary alicyclic amines) is 1. The number of carboxylic acid groups (broad SMARTS) is 1. The van der Waals surface area contributed by atoms with E-state index in [0.29, 0.717) is 24.3 Å². The molecule has 0 spiro atoms. The second kappa shape index (κ2) is 5.61. The first-order chi connectivity index (χ1) is 9.00. The van der Waals surface area contributed by atoms with Gasteiger partial charge in [-0.3, -0.25) is 4.90 Å². The average Bonchev–Trinajstić information content (AvgIpc) is 2.33. The highest BCUT2D eigenvalue weighted by Gasteiger charge is 2.26. The van der Waals surface area contributed by atoms with E-state index < -0.39 is 5.97 Å². The van der Waals surface area contributed by atoms with Crippen LogP contribution in [0.15, 0.2) is 18.2 Å². The molecule has 104 valence electrons. The number of rotatable bonds is 3. The predicted octanol–water partition coefficient (Wildman–Crippen LogP) is 2.73. The Balaban J connectivity index is 2.27. The summed E-state index contributed by atoms with van der Waals surface area (Å²) in [5.74, 6) is -0.939. The lowest BCUT2D eigenvalue weighted by Crippen LogP contribution is -2.43. The summed E-state index contributed by atoms with van der Waals surface area (Å²) in [6.07, 6.45) is 3.60. The summed E-state index contributed by atoms with van der Waals surface area (Å²) in [6, 6.07) is 6.33. The normalized spacial score (nSPS) is 24.3. The Labute approximate surface area is 114 Å². The van der Waals surface area contributed by atoms with E-state index in [-0.39, 0.29) is 5.56 Å². The van der Waals surface area contributed by atoms with Crippen molar-refractivity contribution in [3.8, 4) is 0 Å². The zero-order valence-corrected chi connectivity index (χ0v) is 11.6. The molecule has 1 saturated heterocycles. The molecule has 0 aromatic heterocycles. The van der Waals surface area contributed by atoms with E-state index in [1.807, 2.05) is 12.1 Å². The Morgan fingerprint density at radius 3 is 2.58 bits per heavy atom. The molecule has 2 atom stereocenters. The van der Waals surface area contributed by atoms with Crippen molar-refractivity contribution in [3.05, 3.63) is 29.3 Å². The molecule has 0 amide bonds. The Hall–Kier alpha value is -1.55. The maximum Gasteiger partial charge on any atom is 0.338 e. The third-order valence-corrected chi connectivity index (χ3v) is 4.13. The predicted molar refractivity (Wildman–Crippen MR) is 76.1 cm³/mol. The number of nitrogen functional groups attached to an aromatic ring is 1. The van der Waals surface area contributed by atoms with Crippen LogP contribution in [0.25, 0.3) is 0 Å². The summed E-state index contributed by atoms with van der Waals surface area (Å²) in [4.78, 5) is 13.7. The number of hydrogen-bond acceptors (Lipinski definition) is 3. The van der Waals surface area contributed by atoms with Gasteiger partial charge in [-0.05, 0) is 38.3 Å². The second-order valence-corrected chi connectivity index (χ2v) is 5.49. The SMILES string of the molecule is C[C@@H]1CCC[C@H](C)N1Cc1cccc(N)c1C(=O)O. The van der Waals surface area contributed by atoms with Crippen molar-refractivity contribution in [2.24, 2.45) is 0 Å². The molecule has 0 saturated carbocycles. The topological polar surface area (TPSA) is 66.6 Å². The number of piperidine rings is 1. The van der Waals surface area contributed by atoms with Gasteiger partial charge in [0.2, 0.25) is 0 Å². The summed E-state index contributed by atoms with van der Waals surface area (Å²) < 4.78 is 0. The van der Waals surface area contributed by atoms with Gasteiger partial charge in [-0.15, -0.1) is 0 Å². The summed E-state index contributed by atoms with van der Waals surface area (Å²) >= 11 is 0. The van der Waals surface area contributed by atoms with Gasteiger partial charge in [0.1, 0.15) is 0 Å². The van der Waals surface area contributed by atoms with Crippen molar-refractivity contribution in [2.75, 3.05) is 5.73 Å². The van der Waals surface area contributed by atoms with E-state index >= 15 is 0 Å². The maximum absolute atomic E-state index is 11.3. The summed E-state index contributed by atoms with van der Waals surface area (Å²) in [5, 5.41) is 9.31. The Bertz CT molecular complexity index is 463. The van der Waals surface area contributed by atoms with E-state index in [1.54, 1.807) is 6.07 Å². The van der Waals surface area contributed by atoms with Gasteiger partial charge >= 0.3 is 5.97 Å². The van der Waals surface area contributed by atoms with E-state index in [2.05, 4.69) is 18.7 Å². The monoisotopic (exact) mass is 262 g/mol. The molecule has 0 bridgehead atoms. The highest BCUT2D eigenvalue weighted by atomic mass is 16.4. The van der Waals surface area contributed by atoms with Gasteiger partial charge in [-0.1, -0.05) is 18.6 Å². The van der Waals surface area contributed by atoms with Gasteiger partial charge in [0.05, 0.1) is 5.56 Å². The fraction of sp³-hybridized carbons (Fsp3) is 0.533. The van der Waals surface area contributed by atoms with Gasteiger partial charge in [0.25, 0.3) is 0 Å². The van der Waals surface area contributed by atoms with Crippen LogP contribution in [-0.2, 0) is 6.54 Å². The molecule has 1 fully saturated rings. The van der Waals surface area contributed by atoms with Crippen LogP contribution in [0.5, 0.6) is 0 Å². The van der Waals surface area contributed by atoms with Gasteiger partial charge in [0.15, 0.2) is 0 Å². The molecule has 19 heavy (non-hydrogen) atoms. The molecular weight excluding hydrogens is 240 g/mol. The minimum Gasteiger partial charge on any atom is -0.478 e. The highest BCUT2D eigenvalue weighted by molar-refractivity contribution is 5.95. The minimum absolute atomic E-state index is 0.257. The molecule has 1 aromatic carbocycles. The second-order valence-electron chi connectivity index (χ2n) is 5.49. The zero-order chi connectivity index (χ0) is 14.0. The standard InChI is InChI=1S/C15H22N2O2/c1-10-5-3-6-11(2)17(10)9-12-7-4-8-13(16)14(12)15(18)19/h4,7-8,10-11H,3,5-6,9,16H2,1-2H3,(H,18,19)/t10-,11+. The molecular formula is C15H22N2O2. The number of benzene rings is 1. The number of nitrogens with two attached hydrogens (primary N) is 1. The molecule has 1 aliphatic heterocycles. The molecule has 1 heterocycles. The van der Waals surface area contributed by atoms with Crippen LogP contribution in [0.3, 0.4) is 0 Å². The van der Waals surface area contributed by atoms with Crippen molar-refractivity contribution in [2.45, 2.75) is 51.7 Å². The van der Waals surface area contributed by atoms with E-state index in [4.69, 9.17) is 5.73 Å². The third kappa shape index (κ3) is 2.89. The first kappa shape index (κ1) is 13.9. The average molecular weight is 262 g/mol. The number of carbonyl (C=O) groups is 1. The van der Waals surface area contributed by atoms with Crippen LogP contribution in [0.1, 0.15) is 49.0 Å². The summed E-state index contributed by atoms with van der Waals surface area (Å²) in [6.45, 7) is 5.08. The molecule has 2 rings (SSSR count). The van der Waals surface area contributed by atoms with Gasteiger partial charge in [-0.25, -0.2) is 4.79 Å². The Kier molecular flexibility index (Phi) is 4.10. The quantitative estimate of drug-likeness (QED) is 0.822. The fourth-order valence-electron chi connectivity index (χ4n) is 3.00. The summed E-state index contributed by atoms with van der Waals surface area (Å²) in [7, 11) is 0. The molecule has 0 radical (unpaired) electrons. The molecule has 3 N–H and O–H groups in total. The first-order valence-corrected chi connectivity index (χ1v) is 6.87. The Morgan fingerprint density at radius 1 is 1.37 bits per heavy atom. The van der Waals surface area contributed by atoms with Crippen LogP contribution >= 0.6 is 0 Å². The van der Waals surface area contributed by atoms with Crippen molar-refractivity contribution in [3.63, 3.8) is 0 Å². The molecule has 4 nitrogen and oxygen atoms in total. The molecule has 4 heteroatoms. The number of aromatic carboxylic acids is 1. The number of carboxylic acids is 1. The van der Waals surface area contributed by atoms with Crippen molar-refractivity contribution >= 4 is 11.7 Å². The molecule has 1 aromatic rings. The van der Waals surface area contributed by atoms with Crippen LogP contribution in [0, 0.1) is 0 Å². The highest BCUT2D eigenvalue weighted by Crippen LogP contribution is 2.27. The molecule has 1 aliphatic rings. The number of nitrogens with zero attached hydrogens (tertiary/aromatic N) is 1. The largest absolute Gasteiger partial charge is 0.478 e. The van der Waals surface area contributed by atoms with Crippen molar-refractivity contribution in [1.29, 1.82) is 0 Å². The minimum atomic E-state index is -0.939. The van der Waals surface area contributed by atoms with Crippen LogP contribution in [0.2, 0.25) is 0 Å².